The van der Waals surface area contributed by atoms with Crippen molar-refractivity contribution >= 4 is 33.9 Å². The fourth-order valence-electron chi connectivity index (χ4n) is 4.92. The normalized spacial score (nSPS) is 15.7. The van der Waals surface area contributed by atoms with Crippen molar-refractivity contribution in [1.29, 1.82) is 5.26 Å². The minimum atomic E-state index is -4.49. The zero-order chi connectivity index (χ0) is 29.6. The summed E-state index contributed by atoms with van der Waals surface area (Å²) in [7, 11) is 0. The molecule has 1 aliphatic rings. The molecule has 0 saturated heterocycles. The van der Waals surface area contributed by atoms with E-state index in [1.165, 1.54) is 36.7 Å². The molecule has 0 unspecified atom stereocenters. The van der Waals surface area contributed by atoms with Crippen LogP contribution in [-0.2, 0) is 5.54 Å². The Morgan fingerprint density at radius 3 is 2.44 bits per heavy atom. The lowest BCUT2D eigenvalue weighted by Crippen LogP contribution is -2.53. The van der Waals surface area contributed by atoms with Crippen LogP contribution >= 0.6 is 11.6 Å². The standard InChI is InChI=1S/C29H28ClF4N7/c1-27(2,3)16-37-24-18(13-35)14-36-26-21(24)11-19(30)12-22(26)38-25(17-5-7-20(31)8-6-17)23-15-41(40-39-23)28(9-4-10-28)29(32,33)34/h5-8,11-12,14-15,25,38H,4,9-10,16H2,1-3H3,(H,36,37)/t25-/m0/s1. The second kappa shape index (κ2) is 10.5. The highest BCUT2D eigenvalue weighted by atomic mass is 35.5. The number of rotatable bonds is 7. The van der Waals surface area contributed by atoms with Gasteiger partial charge >= 0.3 is 6.18 Å². The van der Waals surface area contributed by atoms with Crippen LogP contribution < -0.4 is 10.6 Å². The number of aromatic nitrogens is 4. The van der Waals surface area contributed by atoms with Crippen molar-refractivity contribution in [2.45, 2.75) is 57.8 Å². The zero-order valence-electron chi connectivity index (χ0n) is 22.7. The molecule has 4 aromatic rings. The van der Waals surface area contributed by atoms with Gasteiger partial charge in [0.25, 0.3) is 0 Å². The summed E-state index contributed by atoms with van der Waals surface area (Å²) in [5.74, 6) is -0.463. The van der Waals surface area contributed by atoms with Crippen LogP contribution in [0.2, 0.25) is 5.02 Å². The molecule has 1 saturated carbocycles. The Morgan fingerprint density at radius 1 is 1.15 bits per heavy atom. The van der Waals surface area contributed by atoms with Crippen LogP contribution in [0.1, 0.15) is 62.9 Å². The summed E-state index contributed by atoms with van der Waals surface area (Å²) in [4.78, 5) is 4.52. The minimum Gasteiger partial charge on any atom is -0.383 e. The Kier molecular flexibility index (Phi) is 7.32. The van der Waals surface area contributed by atoms with Gasteiger partial charge < -0.3 is 10.6 Å². The number of hydrogen-bond acceptors (Lipinski definition) is 6. The summed E-state index contributed by atoms with van der Waals surface area (Å²) in [6.45, 7) is 6.74. The van der Waals surface area contributed by atoms with Gasteiger partial charge in [-0.2, -0.15) is 18.4 Å². The van der Waals surface area contributed by atoms with Gasteiger partial charge in [0.1, 0.15) is 17.6 Å². The van der Waals surface area contributed by atoms with Crippen LogP contribution in [0.15, 0.2) is 48.8 Å². The van der Waals surface area contributed by atoms with Crippen LogP contribution in [0.5, 0.6) is 0 Å². The number of fused-ring (bicyclic) bond motifs is 1. The lowest BCUT2D eigenvalue weighted by molar-refractivity contribution is -0.243. The molecule has 1 aliphatic carbocycles. The van der Waals surface area contributed by atoms with E-state index in [0.29, 0.717) is 51.4 Å². The predicted molar refractivity (Wildman–Crippen MR) is 149 cm³/mol. The molecule has 5 rings (SSSR count). The van der Waals surface area contributed by atoms with Crippen molar-refractivity contribution in [3.63, 3.8) is 0 Å². The Bertz CT molecular complexity index is 1610. The van der Waals surface area contributed by atoms with E-state index in [0.717, 1.165) is 4.68 Å². The Labute approximate surface area is 239 Å². The molecule has 0 radical (unpaired) electrons. The largest absolute Gasteiger partial charge is 0.413 e. The average Bonchev–Trinajstić information content (AvgIpc) is 3.33. The molecule has 0 aliphatic heterocycles. The summed E-state index contributed by atoms with van der Waals surface area (Å²) in [5, 5.41) is 25.4. The van der Waals surface area contributed by atoms with Gasteiger partial charge in [0.2, 0.25) is 0 Å². The van der Waals surface area contributed by atoms with E-state index >= 15 is 0 Å². The Morgan fingerprint density at radius 2 is 1.85 bits per heavy atom. The summed E-state index contributed by atoms with van der Waals surface area (Å²) in [6, 6.07) is 10.3. The van der Waals surface area contributed by atoms with Gasteiger partial charge in [-0.05, 0) is 54.5 Å². The lowest BCUT2D eigenvalue weighted by Gasteiger charge is -2.42. The maximum atomic E-state index is 14.0. The number of alkyl halides is 3. The summed E-state index contributed by atoms with van der Waals surface area (Å²) >= 11 is 6.53. The first-order chi connectivity index (χ1) is 19.3. The number of nitriles is 1. The minimum absolute atomic E-state index is 0.0810. The SMILES string of the molecule is CC(C)(C)CNc1c(C#N)cnc2c(N[C@@H](c3ccc(F)cc3)c3cn(C4(C(F)(F)F)CCC4)nn3)cc(Cl)cc12. The second-order valence-corrected chi connectivity index (χ2v) is 12.0. The Hall–Kier alpha value is -3.91. The molecular formula is C29H28ClF4N7. The van der Waals surface area contributed by atoms with Gasteiger partial charge in [0.05, 0.1) is 34.7 Å². The van der Waals surface area contributed by atoms with Crippen molar-refractivity contribution < 1.29 is 17.6 Å². The number of nitrogens with zero attached hydrogens (tertiary/aromatic N) is 5. The molecule has 1 fully saturated rings. The van der Waals surface area contributed by atoms with Crippen LogP contribution in [0, 0.1) is 22.6 Å². The Balaban J connectivity index is 1.61. The molecule has 1 atom stereocenters. The van der Waals surface area contributed by atoms with Crippen LogP contribution in [0.25, 0.3) is 10.9 Å². The van der Waals surface area contributed by atoms with Crippen LogP contribution in [-0.4, -0.2) is 32.7 Å². The molecule has 7 nitrogen and oxygen atoms in total. The molecule has 2 aromatic carbocycles. The fourth-order valence-corrected chi connectivity index (χ4v) is 5.14. The first kappa shape index (κ1) is 28.6. The van der Waals surface area contributed by atoms with Gasteiger partial charge in [0.15, 0.2) is 5.54 Å². The highest BCUT2D eigenvalue weighted by Crippen LogP contribution is 2.51. The maximum absolute atomic E-state index is 14.0. The molecule has 2 aromatic heterocycles. The van der Waals surface area contributed by atoms with E-state index in [1.54, 1.807) is 12.1 Å². The molecule has 0 amide bonds. The second-order valence-electron chi connectivity index (χ2n) is 11.5. The first-order valence-electron chi connectivity index (χ1n) is 13.1. The highest BCUT2D eigenvalue weighted by Gasteiger charge is 2.60. The van der Waals surface area contributed by atoms with Crippen LogP contribution in [0.3, 0.4) is 0 Å². The molecular weight excluding hydrogens is 558 g/mol. The summed E-state index contributed by atoms with van der Waals surface area (Å²) < 4.78 is 56.8. The van der Waals surface area contributed by atoms with E-state index in [-0.39, 0.29) is 24.0 Å². The van der Waals surface area contributed by atoms with Crippen molar-refractivity contribution in [3.05, 3.63) is 76.5 Å². The van der Waals surface area contributed by atoms with Gasteiger partial charge in [-0.15, -0.1) is 5.10 Å². The number of pyridine rings is 1. The molecule has 0 bridgehead atoms. The molecule has 214 valence electrons. The third-order valence-corrected chi connectivity index (χ3v) is 7.53. The summed E-state index contributed by atoms with van der Waals surface area (Å²) in [6.07, 6.45) is -1.47. The van der Waals surface area contributed by atoms with Gasteiger partial charge in [0, 0.05) is 23.2 Å². The number of benzene rings is 2. The smallest absolute Gasteiger partial charge is 0.383 e. The number of anilines is 2. The lowest BCUT2D eigenvalue weighted by atomic mass is 9.76. The van der Waals surface area contributed by atoms with Crippen LogP contribution in [0.4, 0.5) is 28.9 Å². The maximum Gasteiger partial charge on any atom is 0.413 e. The third-order valence-electron chi connectivity index (χ3n) is 7.31. The molecule has 0 spiro atoms. The predicted octanol–water partition coefficient (Wildman–Crippen LogP) is 7.59. The zero-order valence-corrected chi connectivity index (χ0v) is 23.4. The highest BCUT2D eigenvalue weighted by molar-refractivity contribution is 6.32. The number of hydrogen-bond donors (Lipinski definition) is 2. The quantitative estimate of drug-likeness (QED) is 0.217. The van der Waals surface area contributed by atoms with E-state index in [4.69, 9.17) is 11.6 Å². The van der Waals surface area contributed by atoms with E-state index in [1.807, 2.05) is 0 Å². The van der Waals surface area contributed by atoms with Gasteiger partial charge in [-0.3, -0.25) is 4.98 Å². The van der Waals surface area contributed by atoms with Gasteiger partial charge in [-0.1, -0.05) is 49.7 Å². The van der Waals surface area contributed by atoms with Crippen molar-refractivity contribution in [2.75, 3.05) is 17.2 Å². The number of nitrogens with one attached hydrogen (secondary N) is 2. The van der Waals surface area contributed by atoms with Crippen molar-refractivity contribution in [2.24, 2.45) is 5.41 Å². The molecule has 41 heavy (non-hydrogen) atoms. The first-order valence-corrected chi connectivity index (χ1v) is 13.5. The third kappa shape index (κ3) is 5.53. The average molecular weight is 586 g/mol. The van der Waals surface area contributed by atoms with E-state index in [2.05, 4.69) is 52.8 Å². The summed E-state index contributed by atoms with van der Waals surface area (Å²) in [5.41, 5.74) is 0.405. The van der Waals surface area contributed by atoms with Crippen molar-refractivity contribution in [1.82, 2.24) is 20.0 Å². The monoisotopic (exact) mass is 585 g/mol. The van der Waals surface area contributed by atoms with E-state index < -0.39 is 23.6 Å². The molecule has 2 heterocycles. The van der Waals surface area contributed by atoms with E-state index in [9.17, 15) is 22.8 Å². The number of halogens is 5. The molecule has 2 N–H and O–H groups in total. The topological polar surface area (TPSA) is 91.5 Å². The fraction of sp³-hybridized carbons (Fsp3) is 0.379. The van der Waals surface area contributed by atoms with Gasteiger partial charge in [-0.25, -0.2) is 9.07 Å². The van der Waals surface area contributed by atoms with Crippen molar-refractivity contribution in [3.8, 4) is 6.07 Å². The molecule has 12 heteroatoms.